The van der Waals surface area contributed by atoms with Crippen molar-refractivity contribution in [3.63, 3.8) is 0 Å². The second-order valence-electron chi connectivity index (χ2n) is 3.06. The van der Waals surface area contributed by atoms with E-state index in [1.165, 1.54) is 4.90 Å². The van der Waals surface area contributed by atoms with Crippen molar-refractivity contribution in [2.75, 3.05) is 6.54 Å². The zero-order chi connectivity index (χ0) is 10.1. The molecule has 1 aliphatic rings. The number of furan rings is 1. The van der Waals surface area contributed by atoms with Crippen molar-refractivity contribution < 1.29 is 14.0 Å². The molecule has 0 atom stereocenters. The molecule has 74 valence electrons. The second kappa shape index (κ2) is 3.57. The first-order valence-corrected chi connectivity index (χ1v) is 5.08. The lowest BCUT2D eigenvalue weighted by atomic mass is 10.4. The third-order valence-electron chi connectivity index (χ3n) is 2.10. The highest BCUT2D eigenvalue weighted by atomic mass is 79.9. The largest absolute Gasteiger partial charge is 0.444 e. The molecule has 2 rings (SSSR count). The zero-order valence-corrected chi connectivity index (χ0v) is 8.91. The number of imide groups is 1. The number of likely N-dealkylation sites (tertiary alicyclic amines) is 1. The standard InChI is InChI=1S/C9H8BrNO3/c10-7-4-3-6(14-7)9(13)11-5-1-2-8(11)12/h3-4H,1-2,5H2. The molecular weight excluding hydrogens is 250 g/mol. The summed E-state index contributed by atoms with van der Waals surface area (Å²) in [6.07, 6.45) is 1.19. The van der Waals surface area contributed by atoms with Gasteiger partial charge in [-0.05, 0) is 34.5 Å². The van der Waals surface area contributed by atoms with Crippen LogP contribution in [0.1, 0.15) is 23.4 Å². The first kappa shape index (κ1) is 9.45. The Morgan fingerprint density at radius 1 is 1.50 bits per heavy atom. The number of carbonyl (C=O) groups excluding carboxylic acids is 2. The van der Waals surface area contributed by atoms with E-state index in [2.05, 4.69) is 15.9 Å². The molecular formula is C9H8BrNO3. The predicted molar refractivity (Wildman–Crippen MR) is 51.7 cm³/mol. The highest BCUT2D eigenvalue weighted by Crippen LogP contribution is 2.18. The van der Waals surface area contributed by atoms with Crippen molar-refractivity contribution in [3.05, 3.63) is 22.6 Å². The van der Waals surface area contributed by atoms with E-state index < -0.39 is 0 Å². The topological polar surface area (TPSA) is 50.5 Å². The molecule has 0 spiro atoms. The molecule has 14 heavy (non-hydrogen) atoms. The first-order chi connectivity index (χ1) is 6.68. The molecule has 0 aliphatic carbocycles. The molecule has 1 aromatic heterocycles. The van der Waals surface area contributed by atoms with Gasteiger partial charge in [-0.15, -0.1) is 0 Å². The van der Waals surface area contributed by atoms with Gasteiger partial charge < -0.3 is 4.42 Å². The fraction of sp³-hybridized carbons (Fsp3) is 0.333. The van der Waals surface area contributed by atoms with Crippen LogP contribution in [0.2, 0.25) is 0 Å². The van der Waals surface area contributed by atoms with Gasteiger partial charge in [0, 0.05) is 13.0 Å². The van der Waals surface area contributed by atoms with Crippen LogP contribution >= 0.6 is 15.9 Å². The Hall–Kier alpha value is -1.10. The van der Waals surface area contributed by atoms with Gasteiger partial charge in [0.05, 0.1) is 0 Å². The van der Waals surface area contributed by atoms with Crippen molar-refractivity contribution in [1.29, 1.82) is 0 Å². The Bertz CT molecular complexity index is 385. The summed E-state index contributed by atoms with van der Waals surface area (Å²) in [4.78, 5) is 24.1. The summed E-state index contributed by atoms with van der Waals surface area (Å²) in [7, 11) is 0. The van der Waals surface area contributed by atoms with Gasteiger partial charge in [0.2, 0.25) is 5.91 Å². The Morgan fingerprint density at radius 3 is 2.79 bits per heavy atom. The fourth-order valence-electron chi connectivity index (χ4n) is 1.43. The molecule has 0 saturated carbocycles. The number of hydrogen-bond acceptors (Lipinski definition) is 3. The average Bonchev–Trinajstić information content (AvgIpc) is 2.73. The molecule has 0 radical (unpaired) electrons. The number of nitrogens with zero attached hydrogens (tertiary/aromatic N) is 1. The van der Waals surface area contributed by atoms with E-state index in [-0.39, 0.29) is 17.6 Å². The first-order valence-electron chi connectivity index (χ1n) is 4.28. The van der Waals surface area contributed by atoms with E-state index in [1.54, 1.807) is 12.1 Å². The average molecular weight is 258 g/mol. The quantitative estimate of drug-likeness (QED) is 0.722. The predicted octanol–water partition coefficient (Wildman–Crippen LogP) is 1.80. The van der Waals surface area contributed by atoms with Crippen LogP contribution in [0.3, 0.4) is 0 Å². The molecule has 1 aromatic rings. The van der Waals surface area contributed by atoms with Gasteiger partial charge in [0.1, 0.15) is 0 Å². The summed E-state index contributed by atoms with van der Waals surface area (Å²) < 4.78 is 5.57. The molecule has 0 unspecified atom stereocenters. The molecule has 1 fully saturated rings. The highest BCUT2D eigenvalue weighted by Gasteiger charge is 2.28. The SMILES string of the molecule is O=C1CCCN1C(=O)c1ccc(Br)o1. The van der Waals surface area contributed by atoms with Crippen LogP contribution in [-0.2, 0) is 4.79 Å². The van der Waals surface area contributed by atoms with Crippen molar-refractivity contribution >= 4 is 27.7 Å². The minimum Gasteiger partial charge on any atom is -0.444 e. The third-order valence-corrected chi connectivity index (χ3v) is 2.53. The van der Waals surface area contributed by atoms with Gasteiger partial charge in [0.15, 0.2) is 10.4 Å². The third kappa shape index (κ3) is 1.59. The molecule has 5 heteroatoms. The Morgan fingerprint density at radius 2 is 2.29 bits per heavy atom. The molecule has 0 bridgehead atoms. The normalized spacial score (nSPS) is 16.4. The molecule has 1 aliphatic heterocycles. The van der Waals surface area contributed by atoms with Crippen molar-refractivity contribution in [3.8, 4) is 0 Å². The molecule has 2 amide bonds. The second-order valence-corrected chi connectivity index (χ2v) is 3.84. The summed E-state index contributed by atoms with van der Waals surface area (Å²) >= 11 is 3.10. The van der Waals surface area contributed by atoms with Crippen LogP contribution in [0, 0.1) is 0 Å². The number of rotatable bonds is 1. The monoisotopic (exact) mass is 257 g/mol. The Balaban J connectivity index is 2.19. The van der Waals surface area contributed by atoms with Gasteiger partial charge in [0.25, 0.3) is 5.91 Å². The van der Waals surface area contributed by atoms with Crippen LogP contribution < -0.4 is 0 Å². The number of hydrogen-bond donors (Lipinski definition) is 0. The summed E-state index contributed by atoms with van der Waals surface area (Å²) in [6, 6.07) is 3.19. The fourth-order valence-corrected chi connectivity index (χ4v) is 1.73. The summed E-state index contributed by atoms with van der Waals surface area (Å²) in [5.41, 5.74) is 0. The summed E-state index contributed by atoms with van der Waals surface area (Å²) in [5.74, 6) is -0.271. The van der Waals surface area contributed by atoms with Gasteiger partial charge in [-0.1, -0.05) is 0 Å². The van der Waals surface area contributed by atoms with Crippen molar-refractivity contribution in [2.45, 2.75) is 12.8 Å². The zero-order valence-electron chi connectivity index (χ0n) is 7.33. The van der Waals surface area contributed by atoms with Crippen molar-refractivity contribution in [1.82, 2.24) is 4.90 Å². The molecule has 0 N–H and O–H groups in total. The van der Waals surface area contributed by atoms with Crippen molar-refractivity contribution in [2.24, 2.45) is 0 Å². The van der Waals surface area contributed by atoms with E-state index in [4.69, 9.17) is 4.42 Å². The van der Waals surface area contributed by atoms with Gasteiger partial charge in [-0.2, -0.15) is 0 Å². The maximum absolute atomic E-state index is 11.7. The van der Waals surface area contributed by atoms with E-state index >= 15 is 0 Å². The molecule has 1 saturated heterocycles. The molecule has 0 aromatic carbocycles. The van der Waals surface area contributed by atoms with Crippen LogP contribution in [0.15, 0.2) is 21.2 Å². The smallest absolute Gasteiger partial charge is 0.296 e. The number of carbonyl (C=O) groups is 2. The lowest BCUT2D eigenvalue weighted by molar-refractivity contribution is -0.125. The van der Waals surface area contributed by atoms with E-state index in [1.807, 2.05) is 0 Å². The minimum atomic E-state index is -0.349. The highest BCUT2D eigenvalue weighted by molar-refractivity contribution is 9.10. The van der Waals surface area contributed by atoms with Crippen LogP contribution in [0.25, 0.3) is 0 Å². The number of halogens is 1. The van der Waals surface area contributed by atoms with E-state index in [0.29, 0.717) is 17.6 Å². The van der Waals surface area contributed by atoms with Crippen LogP contribution in [-0.4, -0.2) is 23.3 Å². The maximum atomic E-state index is 11.7. The molecule has 2 heterocycles. The van der Waals surface area contributed by atoms with Gasteiger partial charge in [-0.25, -0.2) is 0 Å². The Labute approximate surface area is 89.0 Å². The van der Waals surface area contributed by atoms with E-state index in [9.17, 15) is 9.59 Å². The lowest BCUT2D eigenvalue weighted by Gasteiger charge is -2.10. The number of amides is 2. The van der Waals surface area contributed by atoms with E-state index in [0.717, 1.165) is 6.42 Å². The van der Waals surface area contributed by atoms with Crippen LogP contribution in [0.5, 0.6) is 0 Å². The summed E-state index contributed by atoms with van der Waals surface area (Å²) in [5, 5.41) is 0. The maximum Gasteiger partial charge on any atom is 0.296 e. The van der Waals surface area contributed by atoms with Gasteiger partial charge in [-0.3, -0.25) is 14.5 Å². The Kier molecular flexibility index (Phi) is 2.41. The minimum absolute atomic E-state index is 0.123. The van der Waals surface area contributed by atoms with Crippen LogP contribution in [0.4, 0.5) is 0 Å². The lowest BCUT2D eigenvalue weighted by Crippen LogP contribution is -2.31. The molecule has 4 nitrogen and oxygen atoms in total. The van der Waals surface area contributed by atoms with Gasteiger partial charge >= 0.3 is 0 Å². The summed E-state index contributed by atoms with van der Waals surface area (Å²) in [6.45, 7) is 0.496.